The highest BCUT2D eigenvalue weighted by molar-refractivity contribution is 7.12. The number of hydrogen-bond acceptors (Lipinski definition) is 5. The maximum atomic E-state index is 10.6. The number of nitrogens with zero attached hydrogens (tertiary/aromatic N) is 1. The summed E-state index contributed by atoms with van der Waals surface area (Å²) in [5, 5.41) is 10.6. The second-order valence-electron chi connectivity index (χ2n) is 5.36. The van der Waals surface area contributed by atoms with Crippen molar-refractivity contribution in [2.24, 2.45) is 5.73 Å². The number of nitrogens with two attached hydrogens (primary N) is 1. The Kier molecular flexibility index (Phi) is 3.47. The first-order chi connectivity index (χ1) is 8.79. The zero-order chi connectivity index (χ0) is 14.2. The molecule has 19 heavy (non-hydrogen) atoms. The van der Waals surface area contributed by atoms with Crippen LogP contribution in [-0.2, 0) is 5.41 Å². The van der Waals surface area contributed by atoms with Crippen LogP contribution in [0.4, 0.5) is 5.88 Å². The van der Waals surface area contributed by atoms with Crippen LogP contribution < -0.4 is 5.73 Å². The Morgan fingerprint density at radius 1 is 1.32 bits per heavy atom. The Morgan fingerprint density at radius 3 is 2.47 bits per heavy atom. The third-order valence-corrected chi connectivity index (χ3v) is 4.37. The second-order valence-corrected chi connectivity index (χ2v) is 6.48. The van der Waals surface area contributed by atoms with Crippen molar-refractivity contribution in [1.82, 2.24) is 0 Å². The summed E-state index contributed by atoms with van der Waals surface area (Å²) >= 11 is 1.61. The van der Waals surface area contributed by atoms with Gasteiger partial charge in [-0.25, -0.2) is 0 Å². The molecule has 0 radical (unpaired) electrons. The molecule has 0 aliphatic rings. The molecule has 0 aliphatic heterocycles. The van der Waals surface area contributed by atoms with Crippen LogP contribution in [0.25, 0.3) is 0 Å². The summed E-state index contributed by atoms with van der Waals surface area (Å²) in [4.78, 5) is 12.2. The number of thiophene rings is 1. The average Bonchev–Trinajstić information content (AvgIpc) is 2.97. The van der Waals surface area contributed by atoms with Gasteiger partial charge in [-0.1, -0.05) is 20.8 Å². The van der Waals surface area contributed by atoms with Gasteiger partial charge < -0.3 is 10.2 Å². The van der Waals surface area contributed by atoms with E-state index in [4.69, 9.17) is 10.2 Å². The Bertz CT molecular complexity index is 595. The minimum Gasteiger partial charge on any atom is -0.404 e. The first-order valence-electron chi connectivity index (χ1n) is 5.89. The van der Waals surface area contributed by atoms with Crippen LogP contribution >= 0.6 is 11.3 Å². The zero-order valence-corrected chi connectivity index (χ0v) is 11.9. The molecule has 0 saturated heterocycles. The number of nitro groups is 1. The van der Waals surface area contributed by atoms with Gasteiger partial charge in [0, 0.05) is 9.75 Å². The molecule has 2 N–H and O–H groups in total. The van der Waals surface area contributed by atoms with Crippen molar-refractivity contribution in [3.8, 4) is 0 Å². The molecule has 1 unspecified atom stereocenters. The fourth-order valence-electron chi connectivity index (χ4n) is 1.67. The van der Waals surface area contributed by atoms with Gasteiger partial charge in [0.25, 0.3) is 0 Å². The van der Waals surface area contributed by atoms with Crippen LogP contribution in [0.1, 0.15) is 42.3 Å². The molecule has 0 bridgehead atoms. The van der Waals surface area contributed by atoms with E-state index in [1.165, 1.54) is 10.9 Å². The molecule has 5 nitrogen and oxygen atoms in total. The van der Waals surface area contributed by atoms with Crippen molar-refractivity contribution < 1.29 is 9.34 Å². The van der Waals surface area contributed by atoms with Gasteiger partial charge in [-0.05, 0) is 23.6 Å². The van der Waals surface area contributed by atoms with Crippen LogP contribution in [0.2, 0.25) is 0 Å². The van der Waals surface area contributed by atoms with E-state index in [0.29, 0.717) is 5.76 Å². The van der Waals surface area contributed by atoms with Gasteiger partial charge in [0.2, 0.25) is 0 Å². The molecule has 0 aliphatic carbocycles. The minimum atomic E-state index is -0.564. The topological polar surface area (TPSA) is 82.3 Å². The van der Waals surface area contributed by atoms with Crippen LogP contribution in [0.15, 0.2) is 28.7 Å². The SMILES string of the molecule is CC(C)(C)c1ccc(C(N)c2ccc([N+](=O)[O-])o2)s1. The predicted molar refractivity (Wildman–Crippen MR) is 74.4 cm³/mol. The molecule has 0 fully saturated rings. The second kappa shape index (κ2) is 4.79. The zero-order valence-electron chi connectivity index (χ0n) is 11.0. The number of hydrogen-bond donors (Lipinski definition) is 1. The minimum absolute atomic E-state index is 0.0673. The van der Waals surface area contributed by atoms with E-state index in [9.17, 15) is 10.1 Å². The van der Waals surface area contributed by atoms with Gasteiger partial charge in [-0.15, -0.1) is 11.3 Å². The molecule has 6 heteroatoms. The molecular formula is C13H16N2O3S. The van der Waals surface area contributed by atoms with E-state index in [1.807, 2.05) is 12.1 Å². The molecule has 0 amide bonds. The molecule has 1 atom stereocenters. The predicted octanol–water partition coefficient (Wildman–Crippen LogP) is 3.59. The molecule has 2 rings (SSSR count). The van der Waals surface area contributed by atoms with Crippen LogP contribution in [0.5, 0.6) is 0 Å². The van der Waals surface area contributed by atoms with E-state index >= 15 is 0 Å². The monoisotopic (exact) mass is 280 g/mol. The molecule has 2 aromatic rings. The maximum Gasteiger partial charge on any atom is 0.433 e. The molecule has 0 aromatic carbocycles. The van der Waals surface area contributed by atoms with Crippen molar-refractivity contribution in [3.63, 3.8) is 0 Å². The number of furan rings is 1. The molecule has 0 spiro atoms. The Balaban J connectivity index is 2.26. The molecule has 2 heterocycles. The summed E-state index contributed by atoms with van der Waals surface area (Å²) in [6.45, 7) is 6.39. The average molecular weight is 280 g/mol. The van der Waals surface area contributed by atoms with Crippen molar-refractivity contribution in [3.05, 3.63) is 49.9 Å². The third kappa shape index (κ3) is 2.85. The summed E-state index contributed by atoms with van der Waals surface area (Å²) in [5.41, 5.74) is 6.15. The lowest BCUT2D eigenvalue weighted by Crippen LogP contribution is -2.10. The van der Waals surface area contributed by atoms with E-state index < -0.39 is 11.0 Å². The summed E-state index contributed by atoms with van der Waals surface area (Å²) in [5.74, 6) is 0.132. The van der Waals surface area contributed by atoms with Gasteiger partial charge in [-0.2, -0.15) is 0 Å². The molecule has 2 aromatic heterocycles. The highest BCUT2D eigenvalue weighted by Crippen LogP contribution is 2.34. The lowest BCUT2D eigenvalue weighted by molar-refractivity contribution is -0.402. The summed E-state index contributed by atoms with van der Waals surface area (Å²) in [6, 6.07) is 6.41. The molecular weight excluding hydrogens is 264 g/mol. The Hall–Kier alpha value is -1.66. The number of rotatable bonds is 3. The lowest BCUT2D eigenvalue weighted by atomic mass is 9.95. The normalized spacial score (nSPS) is 13.5. The Labute approximate surface area is 115 Å². The van der Waals surface area contributed by atoms with Gasteiger partial charge in [-0.3, -0.25) is 10.1 Å². The fraction of sp³-hybridized carbons (Fsp3) is 0.385. The first kappa shape index (κ1) is 13.8. The smallest absolute Gasteiger partial charge is 0.404 e. The van der Waals surface area contributed by atoms with Gasteiger partial charge >= 0.3 is 5.88 Å². The van der Waals surface area contributed by atoms with Crippen LogP contribution in [0, 0.1) is 10.1 Å². The summed E-state index contributed by atoms with van der Waals surface area (Å²) < 4.78 is 5.14. The first-order valence-corrected chi connectivity index (χ1v) is 6.70. The van der Waals surface area contributed by atoms with E-state index in [0.717, 1.165) is 4.88 Å². The van der Waals surface area contributed by atoms with E-state index in [1.54, 1.807) is 17.4 Å². The highest BCUT2D eigenvalue weighted by atomic mass is 32.1. The van der Waals surface area contributed by atoms with Gasteiger partial charge in [0.15, 0.2) is 0 Å². The summed E-state index contributed by atoms with van der Waals surface area (Å²) in [7, 11) is 0. The third-order valence-electron chi connectivity index (χ3n) is 2.77. The highest BCUT2D eigenvalue weighted by Gasteiger charge is 2.22. The summed E-state index contributed by atoms with van der Waals surface area (Å²) in [6.07, 6.45) is 0. The maximum absolute atomic E-state index is 10.6. The van der Waals surface area contributed by atoms with Crippen molar-refractivity contribution >= 4 is 17.2 Å². The van der Waals surface area contributed by atoms with Crippen molar-refractivity contribution in [1.29, 1.82) is 0 Å². The largest absolute Gasteiger partial charge is 0.433 e. The lowest BCUT2D eigenvalue weighted by Gasteiger charge is -2.15. The van der Waals surface area contributed by atoms with Gasteiger partial charge in [0.05, 0.1) is 12.1 Å². The quantitative estimate of drug-likeness (QED) is 0.688. The van der Waals surface area contributed by atoms with E-state index in [-0.39, 0.29) is 11.3 Å². The van der Waals surface area contributed by atoms with Crippen molar-refractivity contribution in [2.45, 2.75) is 32.2 Å². The van der Waals surface area contributed by atoms with Crippen LogP contribution in [0.3, 0.4) is 0 Å². The molecule has 102 valence electrons. The fourth-order valence-corrected chi connectivity index (χ4v) is 2.75. The Morgan fingerprint density at radius 2 is 2.00 bits per heavy atom. The van der Waals surface area contributed by atoms with E-state index in [2.05, 4.69) is 20.8 Å². The standard InChI is InChI=1S/C13H16N2O3S/c1-13(2,3)10-6-5-9(19-10)12(14)8-4-7-11(18-8)15(16)17/h4-7,12H,14H2,1-3H3. The van der Waals surface area contributed by atoms with Crippen molar-refractivity contribution in [2.75, 3.05) is 0 Å². The van der Waals surface area contributed by atoms with Crippen LogP contribution in [-0.4, -0.2) is 4.92 Å². The molecule has 0 saturated carbocycles. The van der Waals surface area contributed by atoms with Gasteiger partial charge in [0.1, 0.15) is 10.7 Å².